The van der Waals surface area contributed by atoms with E-state index < -0.39 is 0 Å². The van der Waals surface area contributed by atoms with Crippen LogP contribution in [0.15, 0.2) is 24.3 Å². The normalized spacial score (nSPS) is 17.5. The molecule has 0 bridgehead atoms. The predicted molar refractivity (Wildman–Crippen MR) is 71.5 cm³/mol. The van der Waals surface area contributed by atoms with Gasteiger partial charge in [-0.3, -0.25) is 0 Å². The van der Waals surface area contributed by atoms with Gasteiger partial charge in [-0.25, -0.2) is 0 Å². The Labute approximate surface area is 104 Å². The van der Waals surface area contributed by atoms with Crippen molar-refractivity contribution >= 4 is 12.6 Å². The lowest BCUT2D eigenvalue weighted by atomic mass is 10.0. The zero-order valence-electron chi connectivity index (χ0n) is 10.1. The summed E-state index contributed by atoms with van der Waals surface area (Å²) in [6.45, 7) is 5.22. The fourth-order valence-electron chi connectivity index (χ4n) is 1.72. The second-order valence-corrected chi connectivity index (χ2v) is 5.49. The molecule has 1 nitrogen and oxygen atoms in total. The van der Waals surface area contributed by atoms with Crippen LogP contribution < -0.4 is 4.74 Å². The Morgan fingerprint density at radius 3 is 2.69 bits per heavy atom. The van der Waals surface area contributed by atoms with Crippen LogP contribution in [0.4, 0.5) is 0 Å². The Bertz CT molecular complexity index is 356. The molecule has 0 aliphatic heterocycles. The summed E-state index contributed by atoms with van der Waals surface area (Å²) < 4.78 is 5.87. The molecular weight excluding hydrogens is 216 g/mol. The van der Waals surface area contributed by atoms with E-state index in [0.29, 0.717) is 11.3 Å². The lowest BCUT2D eigenvalue weighted by Crippen LogP contribution is -2.14. The van der Waals surface area contributed by atoms with Crippen molar-refractivity contribution < 1.29 is 4.74 Å². The van der Waals surface area contributed by atoms with Crippen molar-refractivity contribution in [2.24, 2.45) is 5.41 Å². The van der Waals surface area contributed by atoms with Crippen LogP contribution in [0.25, 0.3) is 0 Å². The molecule has 0 spiro atoms. The second kappa shape index (κ2) is 4.70. The first-order valence-corrected chi connectivity index (χ1v) is 6.62. The maximum absolute atomic E-state index is 5.87. The third kappa shape index (κ3) is 2.73. The maximum atomic E-state index is 5.87. The van der Waals surface area contributed by atoms with Crippen molar-refractivity contribution in [3.8, 4) is 5.75 Å². The highest BCUT2D eigenvalue weighted by Crippen LogP contribution is 2.46. The molecule has 0 radical (unpaired) electrons. The topological polar surface area (TPSA) is 9.23 Å². The van der Waals surface area contributed by atoms with Crippen LogP contribution >= 0.6 is 12.6 Å². The van der Waals surface area contributed by atoms with Crippen molar-refractivity contribution in [2.45, 2.75) is 32.6 Å². The second-order valence-electron chi connectivity index (χ2n) is 5.17. The fourth-order valence-corrected chi connectivity index (χ4v) is 2.13. The zero-order valence-corrected chi connectivity index (χ0v) is 11.0. The van der Waals surface area contributed by atoms with Crippen molar-refractivity contribution in [3.63, 3.8) is 0 Å². The van der Waals surface area contributed by atoms with Crippen molar-refractivity contribution in [1.82, 2.24) is 0 Å². The zero-order chi connectivity index (χ0) is 11.6. The third-order valence-electron chi connectivity index (χ3n) is 3.36. The fraction of sp³-hybridized carbons (Fsp3) is 0.571. The van der Waals surface area contributed by atoms with E-state index in [2.05, 4.69) is 44.7 Å². The minimum Gasteiger partial charge on any atom is -0.493 e. The van der Waals surface area contributed by atoms with Crippen LogP contribution in [0.1, 0.15) is 38.2 Å². The van der Waals surface area contributed by atoms with Crippen LogP contribution in [0.5, 0.6) is 5.75 Å². The van der Waals surface area contributed by atoms with Crippen LogP contribution in [-0.4, -0.2) is 12.4 Å². The first-order chi connectivity index (χ1) is 7.65. The molecule has 0 unspecified atom stereocenters. The minimum atomic E-state index is 0.372. The lowest BCUT2D eigenvalue weighted by molar-refractivity contribution is 0.250. The Morgan fingerprint density at radius 2 is 2.12 bits per heavy atom. The molecule has 1 aromatic carbocycles. The minimum absolute atomic E-state index is 0.372. The highest BCUT2D eigenvalue weighted by atomic mass is 32.1. The van der Waals surface area contributed by atoms with Gasteiger partial charge < -0.3 is 4.74 Å². The van der Waals surface area contributed by atoms with Gasteiger partial charge in [-0.2, -0.15) is 12.6 Å². The van der Waals surface area contributed by atoms with Crippen LogP contribution in [0.2, 0.25) is 0 Å². The van der Waals surface area contributed by atoms with Crippen molar-refractivity contribution in [2.75, 3.05) is 12.4 Å². The molecule has 0 N–H and O–H groups in total. The van der Waals surface area contributed by atoms with Gasteiger partial charge in [-0.15, -0.1) is 0 Å². The van der Waals surface area contributed by atoms with Gasteiger partial charge in [0.25, 0.3) is 0 Å². The lowest BCUT2D eigenvalue weighted by Gasteiger charge is -2.14. The Kier molecular flexibility index (Phi) is 3.48. The summed E-state index contributed by atoms with van der Waals surface area (Å²) in [5.41, 5.74) is 1.71. The van der Waals surface area contributed by atoms with E-state index in [1.807, 2.05) is 6.07 Å². The Morgan fingerprint density at radius 1 is 1.38 bits per heavy atom. The third-order valence-corrected chi connectivity index (χ3v) is 4.03. The Balaban J connectivity index is 1.96. The number of ether oxygens (including phenoxy) is 1. The molecule has 1 aliphatic rings. The van der Waals surface area contributed by atoms with Gasteiger partial charge in [-0.05, 0) is 42.2 Å². The van der Waals surface area contributed by atoms with E-state index in [-0.39, 0.29) is 0 Å². The molecule has 2 heteroatoms. The van der Waals surface area contributed by atoms with Crippen LogP contribution in [-0.2, 0) is 0 Å². The monoisotopic (exact) mass is 236 g/mol. The first-order valence-electron chi connectivity index (χ1n) is 5.99. The molecule has 16 heavy (non-hydrogen) atoms. The Hall–Kier alpha value is -0.630. The van der Waals surface area contributed by atoms with E-state index >= 15 is 0 Å². The quantitative estimate of drug-likeness (QED) is 0.763. The standard InChI is InChI=1S/C14H20OS/c1-11(2)12-4-3-5-13(8-12)15-9-14(10-16)6-7-14/h3-5,8,11,16H,6-7,9-10H2,1-2H3. The number of benzene rings is 1. The molecule has 0 aromatic heterocycles. The molecule has 0 amide bonds. The summed E-state index contributed by atoms with van der Waals surface area (Å²) in [6, 6.07) is 8.42. The largest absolute Gasteiger partial charge is 0.493 e. The molecule has 1 saturated carbocycles. The smallest absolute Gasteiger partial charge is 0.119 e. The summed E-state index contributed by atoms with van der Waals surface area (Å²) in [4.78, 5) is 0. The summed E-state index contributed by atoms with van der Waals surface area (Å²) >= 11 is 4.38. The summed E-state index contributed by atoms with van der Waals surface area (Å²) in [6.07, 6.45) is 2.53. The van der Waals surface area contributed by atoms with Crippen molar-refractivity contribution in [1.29, 1.82) is 0 Å². The first kappa shape index (κ1) is 11.8. The number of hydrogen-bond acceptors (Lipinski definition) is 2. The van der Waals surface area contributed by atoms with Gasteiger partial charge in [0.2, 0.25) is 0 Å². The van der Waals surface area contributed by atoms with Gasteiger partial charge in [-0.1, -0.05) is 26.0 Å². The molecule has 0 saturated heterocycles. The predicted octanol–water partition coefficient (Wildman–Crippen LogP) is 3.90. The van der Waals surface area contributed by atoms with E-state index in [9.17, 15) is 0 Å². The van der Waals surface area contributed by atoms with Gasteiger partial charge in [0.15, 0.2) is 0 Å². The highest BCUT2D eigenvalue weighted by molar-refractivity contribution is 7.80. The average molecular weight is 236 g/mol. The van der Waals surface area contributed by atoms with E-state index in [1.54, 1.807) is 0 Å². The molecular formula is C14H20OS. The van der Waals surface area contributed by atoms with Gasteiger partial charge in [0.1, 0.15) is 5.75 Å². The molecule has 1 aromatic rings. The average Bonchev–Trinajstić information content (AvgIpc) is 3.07. The SMILES string of the molecule is CC(C)c1cccc(OCC2(CS)CC2)c1. The maximum Gasteiger partial charge on any atom is 0.119 e. The van der Waals surface area contributed by atoms with E-state index in [1.165, 1.54) is 18.4 Å². The molecule has 1 aliphatic carbocycles. The number of rotatable bonds is 5. The molecule has 2 rings (SSSR count). The van der Waals surface area contributed by atoms with Gasteiger partial charge in [0, 0.05) is 5.41 Å². The van der Waals surface area contributed by atoms with Gasteiger partial charge >= 0.3 is 0 Å². The van der Waals surface area contributed by atoms with Crippen molar-refractivity contribution in [3.05, 3.63) is 29.8 Å². The van der Waals surface area contributed by atoms with E-state index in [0.717, 1.165) is 18.1 Å². The number of hydrogen-bond donors (Lipinski definition) is 1. The number of thiol groups is 1. The molecule has 88 valence electrons. The summed E-state index contributed by atoms with van der Waals surface area (Å²) in [5.74, 6) is 2.50. The van der Waals surface area contributed by atoms with E-state index in [4.69, 9.17) is 4.74 Å². The van der Waals surface area contributed by atoms with Crippen LogP contribution in [0.3, 0.4) is 0 Å². The highest BCUT2D eigenvalue weighted by Gasteiger charge is 2.42. The summed E-state index contributed by atoms with van der Waals surface area (Å²) in [7, 11) is 0. The molecule has 0 atom stereocenters. The molecule has 0 heterocycles. The summed E-state index contributed by atoms with van der Waals surface area (Å²) in [5, 5.41) is 0. The molecule has 1 fully saturated rings. The van der Waals surface area contributed by atoms with Gasteiger partial charge in [0.05, 0.1) is 6.61 Å². The van der Waals surface area contributed by atoms with Crippen LogP contribution in [0, 0.1) is 5.41 Å².